The molecule has 6 nitrogen and oxygen atoms in total. The van der Waals surface area contributed by atoms with Crippen LogP contribution in [-0.4, -0.2) is 37.2 Å². The molecule has 0 amide bonds. The number of hydrogen-bond donors (Lipinski definition) is 0. The van der Waals surface area contributed by atoms with Crippen LogP contribution in [0.1, 0.15) is 387 Å². The Labute approximate surface area is 450 Å². The molecule has 428 valence electrons. The second kappa shape index (κ2) is 62.0. The summed E-state index contributed by atoms with van der Waals surface area (Å²) in [5.41, 5.74) is 0. The van der Waals surface area contributed by atoms with Gasteiger partial charge in [-0.05, 0) is 19.3 Å². The number of hydrogen-bond acceptors (Lipinski definition) is 6. The van der Waals surface area contributed by atoms with Gasteiger partial charge in [0.1, 0.15) is 13.2 Å². The van der Waals surface area contributed by atoms with Crippen molar-refractivity contribution in [1.82, 2.24) is 0 Å². The van der Waals surface area contributed by atoms with Crippen molar-refractivity contribution in [2.45, 2.75) is 393 Å². The van der Waals surface area contributed by atoms with Crippen molar-refractivity contribution in [3.63, 3.8) is 0 Å². The van der Waals surface area contributed by atoms with E-state index in [0.717, 1.165) is 57.8 Å². The molecule has 0 saturated heterocycles. The Kier molecular flexibility index (Phi) is 60.6. The third-order valence-electron chi connectivity index (χ3n) is 15.4. The minimum absolute atomic E-state index is 0.0610. The number of esters is 3. The number of rotatable bonds is 62. The van der Waals surface area contributed by atoms with Gasteiger partial charge in [-0.15, -0.1) is 0 Å². The van der Waals surface area contributed by atoms with E-state index in [2.05, 4.69) is 20.8 Å². The van der Waals surface area contributed by atoms with Crippen molar-refractivity contribution in [3.8, 4) is 0 Å². The van der Waals surface area contributed by atoms with Crippen LogP contribution in [0.2, 0.25) is 0 Å². The van der Waals surface area contributed by atoms with Crippen molar-refractivity contribution < 1.29 is 28.6 Å². The Hall–Kier alpha value is -1.59. The highest BCUT2D eigenvalue weighted by molar-refractivity contribution is 5.71. The quantitative estimate of drug-likeness (QED) is 0.0343. The summed E-state index contributed by atoms with van der Waals surface area (Å²) in [5.74, 6) is -0.831. The highest BCUT2D eigenvalue weighted by Gasteiger charge is 2.19. The van der Waals surface area contributed by atoms with E-state index in [1.165, 1.54) is 289 Å². The summed E-state index contributed by atoms with van der Waals surface area (Å²) >= 11 is 0. The van der Waals surface area contributed by atoms with Gasteiger partial charge in [-0.2, -0.15) is 0 Å². The SMILES string of the molecule is CCCCCCCCCCCCCCCCCCCCCCCCCCCCCC(=O)OCC(COC(=O)CCCCCCCCCCC)OC(=O)CCCCCCCCCCCCCCCCCCCC. The predicted octanol–water partition coefficient (Wildman–Crippen LogP) is 22.3. The van der Waals surface area contributed by atoms with Crippen molar-refractivity contribution in [1.29, 1.82) is 0 Å². The monoisotopic (exact) mass is 1020 g/mol. The van der Waals surface area contributed by atoms with E-state index in [-0.39, 0.29) is 31.1 Å². The first kappa shape index (κ1) is 70.4. The van der Waals surface area contributed by atoms with E-state index < -0.39 is 6.10 Å². The molecule has 0 aromatic rings. The Morgan fingerprint density at radius 1 is 0.222 bits per heavy atom. The molecule has 0 heterocycles. The van der Waals surface area contributed by atoms with Crippen LogP contribution in [0.3, 0.4) is 0 Å². The average Bonchev–Trinajstić information content (AvgIpc) is 3.38. The van der Waals surface area contributed by atoms with Crippen LogP contribution in [0, 0.1) is 0 Å². The van der Waals surface area contributed by atoms with Crippen LogP contribution in [0.4, 0.5) is 0 Å². The van der Waals surface area contributed by atoms with Crippen LogP contribution in [0.5, 0.6) is 0 Å². The molecule has 0 N–H and O–H groups in total. The highest BCUT2D eigenvalue weighted by Crippen LogP contribution is 2.19. The lowest BCUT2D eigenvalue weighted by atomic mass is 10.0. The molecule has 6 heteroatoms. The summed E-state index contributed by atoms with van der Waals surface area (Å²) in [7, 11) is 0. The first-order chi connectivity index (χ1) is 35.5. The van der Waals surface area contributed by atoms with Crippen LogP contribution in [-0.2, 0) is 28.6 Å². The van der Waals surface area contributed by atoms with E-state index >= 15 is 0 Å². The first-order valence-electron chi connectivity index (χ1n) is 33.0. The van der Waals surface area contributed by atoms with Crippen molar-refractivity contribution in [3.05, 3.63) is 0 Å². The van der Waals surface area contributed by atoms with Crippen LogP contribution >= 0.6 is 0 Å². The second-order valence-corrected chi connectivity index (χ2v) is 22.8. The van der Waals surface area contributed by atoms with Crippen LogP contribution < -0.4 is 0 Å². The van der Waals surface area contributed by atoms with E-state index in [0.29, 0.717) is 19.3 Å². The number of ether oxygens (including phenoxy) is 3. The fourth-order valence-corrected chi connectivity index (χ4v) is 10.4. The fourth-order valence-electron chi connectivity index (χ4n) is 10.4. The van der Waals surface area contributed by atoms with Crippen LogP contribution in [0.25, 0.3) is 0 Å². The number of unbranched alkanes of at least 4 members (excludes halogenated alkanes) is 51. The third kappa shape index (κ3) is 59.3. The van der Waals surface area contributed by atoms with Gasteiger partial charge in [0.15, 0.2) is 6.10 Å². The van der Waals surface area contributed by atoms with E-state index in [4.69, 9.17) is 14.2 Å². The zero-order chi connectivity index (χ0) is 52.2. The largest absolute Gasteiger partial charge is 0.462 e. The Morgan fingerprint density at radius 3 is 0.556 bits per heavy atom. The standard InChI is InChI=1S/C66H128O6/c1-4-7-10-13-16-19-21-23-25-27-29-30-31-32-33-34-35-36-37-39-40-42-44-47-50-53-56-59-65(68)71-62-63(61-70-64(67)58-55-52-49-46-18-15-12-9-6-3)72-66(69)60-57-54-51-48-45-43-41-38-28-26-24-22-20-17-14-11-8-5-2/h63H,4-62H2,1-3H3. The molecule has 0 aromatic carbocycles. The maximum atomic E-state index is 12.9. The first-order valence-corrected chi connectivity index (χ1v) is 33.0. The van der Waals surface area contributed by atoms with Gasteiger partial charge in [-0.25, -0.2) is 0 Å². The lowest BCUT2D eigenvalue weighted by molar-refractivity contribution is -0.167. The zero-order valence-electron chi connectivity index (χ0n) is 49.2. The lowest BCUT2D eigenvalue weighted by Gasteiger charge is -2.18. The minimum atomic E-state index is -0.761. The highest BCUT2D eigenvalue weighted by atomic mass is 16.6. The molecule has 1 atom stereocenters. The zero-order valence-corrected chi connectivity index (χ0v) is 49.2. The Morgan fingerprint density at radius 2 is 0.375 bits per heavy atom. The summed E-state index contributed by atoms with van der Waals surface area (Å²) in [6, 6.07) is 0. The van der Waals surface area contributed by atoms with Gasteiger partial charge in [0.25, 0.3) is 0 Å². The van der Waals surface area contributed by atoms with Gasteiger partial charge >= 0.3 is 17.9 Å². The molecule has 0 fully saturated rings. The van der Waals surface area contributed by atoms with Crippen LogP contribution in [0.15, 0.2) is 0 Å². The second-order valence-electron chi connectivity index (χ2n) is 22.8. The molecule has 1 unspecified atom stereocenters. The molecule has 0 aliphatic heterocycles. The average molecular weight is 1020 g/mol. The van der Waals surface area contributed by atoms with Gasteiger partial charge in [0, 0.05) is 19.3 Å². The minimum Gasteiger partial charge on any atom is -0.462 e. The molecule has 0 spiro atoms. The molecular weight excluding hydrogens is 889 g/mol. The van der Waals surface area contributed by atoms with E-state index in [9.17, 15) is 14.4 Å². The normalized spacial score (nSPS) is 11.9. The van der Waals surface area contributed by atoms with Gasteiger partial charge in [0.05, 0.1) is 0 Å². The van der Waals surface area contributed by atoms with Crippen molar-refractivity contribution in [2.24, 2.45) is 0 Å². The topological polar surface area (TPSA) is 78.9 Å². The summed E-state index contributed by atoms with van der Waals surface area (Å²) in [5, 5.41) is 0. The van der Waals surface area contributed by atoms with Gasteiger partial charge < -0.3 is 14.2 Å². The van der Waals surface area contributed by atoms with Gasteiger partial charge in [0.2, 0.25) is 0 Å². The summed E-state index contributed by atoms with van der Waals surface area (Å²) in [4.78, 5) is 38.2. The number of carbonyl (C=O) groups excluding carboxylic acids is 3. The maximum Gasteiger partial charge on any atom is 0.306 e. The molecule has 0 aromatic heterocycles. The number of carbonyl (C=O) groups is 3. The Bertz CT molecular complexity index is 1080. The molecule has 0 rings (SSSR count). The van der Waals surface area contributed by atoms with E-state index in [1.807, 2.05) is 0 Å². The lowest BCUT2D eigenvalue weighted by Crippen LogP contribution is -2.30. The summed E-state index contributed by atoms with van der Waals surface area (Å²) in [6.45, 7) is 6.71. The van der Waals surface area contributed by atoms with Gasteiger partial charge in [-0.3, -0.25) is 14.4 Å². The molecule has 0 saturated carbocycles. The molecule has 0 aliphatic rings. The molecule has 0 aliphatic carbocycles. The van der Waals surface area contributed by atoms with Crippen molar-refractivity contribution >= 4 is 17.9 Å². The molecule has 0 radical (unpaired) electrons. The summed E-state index contributed by atoms with van der Waals surface area (Å²) < 4.78 is 16.9. The van der Waals surface area contributed by atoms with Gasteiger partial charge in [-0.1, -0.05) is 348 Å². The predicted molar refractivity (Wildman–Crippen MR) is 312 cm³/mol. The molecule has 72 heavy (non-hydrogen) atoms. The maximum absolute atomic E-state index is 12.9. The molecule has 0 bridgehead atoms. The molecular formula is C66H128O6. The third-order valence-corrected chi connectivity index (χ3v) is 15.4. The smallest absolute Gasteiger partial charge is 0.306 e. The Balaban J connectivity index is 4.07. The van der Waals surface area contributed by atoms with E-state index in [1.54, 1.807) is 0 Å². The summed E-state index contributed by atoms with van der Waals surface area (Å²) in [6.07, 6.45) is 71.4. The fraction of sp³-hybridized carbons (Fsp3) is 0.955. The van der Waals surface area contributed by atoms with Crippen molar-refractivity contribution in [2.75, 3.05) is 13.2 Å².